The van der Waals surface area contributed by atoms with Crippen molar-refractivity contribution in [2.75, 3.05) is 50.3 Å². The standard InChI is InChI=1S/C25H37ClN2O3.C25H38N2O3/c1-17(2)28(18-11-7-6-8-12-18)23(29)19-15-22-20(16-21(19)26)25(3,4)24(30)27(22)13-9-10-14-31-5;1-18(2)27(20-11-7-6-8-12-20)23(28)19-13-14-21-22(17-19)26(15-9-10-16-30-5)24(29)25(21,3)4/h15-18H,6-14H2,1-5H3;13-14,17-18,20H,6-12,15-16H2,1-5H3. The fraction of sp³-hybridized carbons (Fsp3) is 0.680. The number of ether oxygens (including phenoxy) is 2. The van der Waals surface area contributed by atoms with Gasteiger partial charge in [-0.05, 0) is 142 Å². The molecule has 61 heavy (non-hydrogen) atoms. The fourth-order valence-corrected chi connectivity index (χ4v) is 10.4. The van der Waals surface area contributed by atoms with Gasteiger partial charge in [0.2, 0.25) is 11.8 Å². The average molecular weight is 864 g/mol. The van der Waals surface area contributed by atoms with E-state index in [9.17, 15) is 19.2 Å². The second kappa shape index (κ2) is 21.3. The van der Waals surface area contributed by atoms with E-state index >= 15 is 0 Å². The summed E-state index contributed by atoms with van der Waals surface area (Å²) in [6.07, 6.45) is 15.0. The van der Waals surface area contributed by atoms with E-state index in [4.69, 9.17) is 21.1 Å². The minimum atomic E-state index is -0.650. The number of halogens is 1. The molecule has 4 aliphatic rings. The van der Waals surface area contributed by atoms with Crippen LogP contribution in [0.15, 0.2) is 30.3 Å². The second-order valence-electron chi connectivity index (χ2n) is 19.3. The Bertz CT molecular complexity index is 1850. The van der Waals surface area contributed by atoms with Gasteiger partial charge in [0.25, 0.3) is 11.8 Å². The number of methoxy groups -OCH3 is 2. The van der Waals surface area contributed by atoms with Crippen molar-refractivity contribution < 1.29 is 28.7 Å². The van der Waals surface area contributed by atoms with E-state index in [-0.39, 0.29) is 41.8 Å². The smallest absolute Gasteiger partial charge is 0.255 e. The lowest BCUT2D eigenvalue weighted by Crippen LogP contribution is -2.45. The molecule has 2 aliphatic heterocycles. The van der Waals surface area contributed by atoms with E-state index in [2.05, 4.69) is 32.6 Å². The molecule has 0 atom stereocenters. The maximum Gasteiger partial charge on any atom is 0.255 e. The summed E-state index contributed by atoms with van der Waals surface area (Å²) < 4.78 is 10.3. The molecule has 0 spiro atoms. The zero-order chi connectivity index (χ0) is 44.6. The molecule has 2 aliphatic carbocycles. The minimum Gasteiger partial charge on any atom is -0.385 e. The fourth-order valence-electron chi connectivity index (χ4n) is 10.1. The van der Waals surface area contributed by atoms with Crippen LogP contribution < -0.4 is 9.80 Å². The monoisotopic (exact) mass is 863 g/mol. The summed E-state index contributed by atoms with van der Waals surface area (Å²) in [4.78, 5) is 61.3. The zero-order valence-corrected chi connectivity index (χ0v) is 39.8. The number of unbranched alkanes of at least 4 members (excludes halogenated alkanes) is 2. The lowest BCUT2D eigenvalue weighted by Gasteiger charge is -2.37. The van der Waals surface area contributed by atoms with E-state index in [1.807, 2.05) is 72.7 Å². The maximum atomic E-state index is 13.7. The molecule has 338 valence electrons. The van der Waals surface area contributed by atoms with Gasteiger partial charge in [0.15, 0.2) is 0 Å². The SMILES string of the molecule is COCCCCN1C(=O)C(C)(C)c2cc(Cl)c(C(=O)N(C(C)C)C3CCCCC3)cc21.COCCCCN1C(=O)C(C)(C)c2ccc(C(=O)N(C(C)C)C3CCCCC3)cc21. The van der Waals surface area contributed by atoms with Crippen molar-refractivity contribution in [3.05, 3.63) is 57.6 Å². The van der Waals surface area contributed by atoms with Crippen LogP contribution in [-0.4, -0.2) is 98.1 Å². The second-order valence-corrected chi connectivity index (χ2v) is 19.7. The van der Waals surface area contributed by atoms with Gasteiger partial charge in [-0.3, -0.25) is 19.2 Å². The highest BCUT2D eigenvalue weighted by Gasteiger charge is 2.46. The molecule has 2 aromatic carbocycles. The third kappa shape index (κ3) is 10.7. The van der Waals surface area contributed by atoms with Gasteiger partial charge in [0.05, 0.1) is 21.4 Å². The minimum absolute atomic E-state index is 0.0220. The lowest BCUT2D eigenvalue weighted by atomic mass is 9.85. The highest BCUT2D eigenvalue weighted by molar-refractivity contribution is 6.34. The molecular formula is C50H75ClN4O6. The Balaban J connectivity index is 0.000000231. The summed E-state index contributed by atoms with van der Waals surface area (Å²) in [6.45, 7) is 18.8. The Morgan fingerprint density at radius 1 is 0.656 bits per heavy atom. The zero-order valence-electron chi connectivity index (χ0n) is 39.0. The van der Waals surface area contributed by atoms with Gasteiger partial charge in [-0.1, -0.05) is 56.2 Å². The van der Waals surface area contributed by atoms with Crippen LogP contribution in [0.1, 0.15) is 177 Å². The molecule has 0 bridgehead atoms. The number of carbonyl (C=O) groups is 4. The van der Waals surface area contributed by atoms with Crippen molar-refractivity contribution in [2.24, 2.45) is 0 Å². The maximum absolute atomic E-state index is 13.7. The molecular weight excluding hydrogens is 788 g/mol. The van der Waals surface area contributed by atoms with E-state index in [1.54, 1.807) is 14.2 Å². The van der Waals surface area contributed by atoms with Crippen molar-refractivity contribution in [2.45, 2.75) is 180 Å². The summed E-state index contributed by atoms with van der Waals surface area (Å²) >= 11 is 6.66. The number of rotatable bonds is 16. The Morgan fingerprint density at radius 3 is 1.56 bits per heavy atom. The predicted molar refractivity (Wildman–Crippen MR) is 247 cm³/mol. The Labute approximate surface area is 372 Å². The molecule has 4 amide bonds. The molecule has 0 N–H and O–H groups in total. The van der Waals surface area contributed by atoms with Crippen molar-refractivity contribution in [3.63, 3.8) is 0 Å². The van der Waals surface area contributed by atoms with E-state index in [0.717, 1.165) is 86.7 Å². The molecule has 0 saturated heterocycles. The summed E-state index contributed by atoms with van der Waals surface area (Å²) in [5, 5.41) is 0.437. The normalized spacial score (nSPS) is 18.6. The number of anilines is 2. The third-order valence-electron chi connectivity index (χ3n) is 13.5. The first-order valence-corrected chi connectivity index (χ1v) is 23.6. The van der Waals surface area contributed by atoms with Gasteiger partial charge in [0.1, 0.15) is 0 Å². The van der Waals surface area contributed by atoms with E-state index in [0.29, 0.717) is 48.5 Å². The van der Waals surface area contributed by atoms with Gasteiger partial charge in [-0.25, -0.2) is 0 Å². The van der Waals surface area contributed by atoms with E-state index < -0.39 is 10.8 Å². The summed E-state index contributed by atoms with van der Waals surface area (Å²) in [5.74, 6) is 0.253. The van der Waals surface area contributed by atoms with Crippen LogP contribution in [0, 0.1) is 0 Å². The van der Waals surface area contributed by atoms with Crippen molar-refractivity contribution >= 4 is 46.6 Å². The number of amides is 4. The first-order valence-electron chi connectivity index (χ1n) is 23.2. The van der Waals surface area contributed by atoms with Crippen LogP contribution in [0.3, 0.4) is 0 Å². The Kier molecular flexibility index (Phi) is 16.9. The third-order valence-corrected chi connectivity index (χ3v) is 13.8. The molecule has 0 radical (unpaired) electrons. The molecule has 0 unspecified atom stereocenters. The van der Waals surface area contributed by atoms with Gasteiger partial charge >= 0.3 is 0 Å². The van der Waals surface area contributed by atoms with Crippen LogP contribution in [0.2, 0.25) is 5.02 Å². The van der Waals surface area contributed by atoms with E-state index in [1.165, 1.54) is 25.7 Å². The van der Waals surface area contributed by atoms with Crippen LogP contribution >= 0.6 is 11.6 Å². The number of benzene rings is 2. The predicted octanol–water partition coefficient (Wildman–Crippen LogP) is 10.5. The Morgan fingerprint density at radius 2 is 1.10 bits per heavy atom. The largest absolute Gasteiger partial charge is 0.385 e. The topological polar surface area (TPSA) is 99.7 Å². The number of nitrogens with zero attached hydrogens (tertiary/aromatic N) is 4. The van der Waals surface area contributed by atoms with Gasteiger partial charge in [0, 0.05) is 81.6 Å². The molecule has 2 heterocycles. The summed E-state index contributed by atoms with van der Waals surface area (Å²) in [5.41, 5.74) is 3.65. The molecule has 2 saturated carbocycles. The number of hydrogen-bond acceptors (Lipinski definition) is 6. The van der Waals surface area contributed by atoms with Gasteiger partial charge in [-0.15, -0.1) is 0 Å². The molecule has 0 aromatic heterocycles. The quantitative estimate of drug-likeness (QED) is 0.156. The average Bonchev–Trinajstić information content (AvgIpc) is 3.54. The molecule has 2 fully saturated rings. The molecule has 10 nitrogen and oxygen atoms in total. The Hall–Kier alpha value is -3.47. The number of fused-ring (bicyclic) bond motifs is 2. The first kappa shape index (κ1) is 48.6. The number of carbonyl (C=O) groups excluding carboxylic acids is 4. The lowest BCUT2D eigenvalue weighted by molar-refractivity contribution is -0.122. The van der Waals surface area contributed by atoms with Crippen LogP contribution in [-0.2, 0) is 29.9 Å². The highest BCUT2D eigenvalue weighted by atomic mass is 35.5. The molecule has 2 aromatic rings. The summed E-state index contributed by atoms with van der Waals surface area (Å²) in [7, 11) is 3.39. The molecule has 6 rings (SSSR count). The van der Waals surface area contributed by atoms with Gasteiger partial charge in [-0.2, -0.15) is 0 Å². The van der Waals surface area contributed by atoms with Crippen molar-refractivity contribution in [1.82, 2.24) is 9.80 Å². The van der Waals surface area contributed by atoms with Crippen LogP contribution in [0.4, 0.5) is 11.4 Å². The van der Waals surface area contributed by atoms with Crippen LogP contribution in [0.25, 0.3) is 0 Å². The summed E-state index contributed by atoms with van der Waals surface area (Å²) in [6, 6.07) is 10.4. The van der Waals surface area contributed by atoms with Crippen molar-refractivity contribution in [3.8, 4) is 0 Å². The highest BCUT2D eigenvalue weighted by Crippen LogP contribution is 2.45. The molecule has 11 heteroatoms. The number of hydrogen-bond donors (Lipinski definition) is 0. The van der Waals surface area contributed by atoms with Crippen LogP contribution in [0.5, 0.6) is 0 Å². The van der Waals surface area contributed by atoms with Crippen molar-refractivity contribution in [1.29, 1.82) is 0 Å². The first-order chi connectivity index (χ1) is 29.0. The van der Waals surface area contributed by atoms with Gasteiger partial charge < -0.3 is 29.1 Å².